The summed E-state index contributed by atoms with van der Waals surface area (Å²) in [6.45, 7) is 5.27. The lowest BCUT2D eigenvalue weighted by Crippen LogP contribution is -2.29. The molecular formula is C26H32N2O4S. The minimum absolute atomic E-state index is 0.0153. The van der Waals surface area contributed by atoms with E-state index in [0.717, 1.165) is 13.0 Å². The molecule has 1 aliphatic rings. The molecule has 2 aromatic carbocycles. The van der Waals surface area contributed by atoms with Crippen LogP contribution in [0.2, 0.25) is 0 Å². The molecule has 0 aliphatic heterocycles. The Morgan fingerprint density at radius 2 is 1.91 bits per heavy atom. The lowest BCUT2D eigenvalue weighted by atomic mass is 9.87. The Morgan fingerprint density at radius 3 is 2.67 bits per heavy atom. The number of ether oxygens (including phenoxy) is 1. The second-order valence-corrected chi connectivity index (χ2v) is 10.8. The molecule has 0 amide bonds. The topological polar surface area (TPSA) is 72.6 Å². The average Bonchev–Trinajstić information content (AvgIpc) is 3.33. The van der Waals surface area contributed by atoms with E-state index in [1.165, 1.54) is 36.8 Å². The fourth-order valence-electron chi connectivity index (χ4n) is 4.50. The third-order valence-corrected chi connectivity index (χ3v) is 7.98. The second kappa shape index (κ2) is 10.1. The minimum Gasteiger partial charge on any atom is -0.494 e. The maximum Gasteiger partial charge on any atom is 0.227 e. The van der Waals surface area contributed by atoms with Crippen molar-refractivity contribution in [3.8, 4) is 5.75 Å². The SMILES string of the molecule is CC(C)c1ocnc1S(=O)(=O)c1ccc(OCCCN(C)C2CCCc3ccccc32)cc1. The van der Waals surface area contributed by atoms with Crippen molar-refractivity contribution in [2.75, 3.05) is 20.2 Å². The van der Waals surface area contributed by atoms with E-state index in [2.05, 4.69) is 41.2 Å². The normalized spacial score (nSPS) is 16.2. The fraction of sp³-hybridized carbons (Fsp3) is 0.423. The van der Waals surface area contributed by atoms with Crippen LogP contribution in [0.1, 0.15) is 62.0 Å². The van der Waals surface area contributed by atoms with Crippen molar-refractivity contribution in [1.82, 2.24) is 9.88 Å². The summed E-state index contributed by atoms with van der Waals surface area (Å²) < 4.78 is 37.0. The first kappa shape index (κ1) is 23.5. The largest absolute Gasteiger partial charge is 0.494 e. The van der Waals surface area contributed by atoms with Crippen LogP contribution in [0.4, 0.5) is 0 Å². The predicted molar refractivity (Wildman–Crippen MR) is 127 cm³/mol. The molecule has 0 saturated carbocycles. The molecule has 4 rings (SSSR count). The molecule has 0 bridgehead atoms. The quantitative estimate of drug-likeness (QED) is 0.391. The summed E-state index contributed by atoms with van der Waals surface area (Å²) >= 11 is 0. The molecule has 1 atom stereocenters. The van der Waals surface area contributed by atoms with Crippen molar-refractivity contribution in [2.45, 2.75) is 61.4 Å². The smallest absolute Gasteiger partial charge is 0.227 e. The Bertz CT molecular complexity index is 1170. The number of aryl methyl sites for hydroxylation is 1. The van der Waals surface area contributed by atoms with E-state index in [9.17, 15) is 8.42 Å². The van der Waals surface area contributed by atoms with Crippen molar-refractivity contribution in [1.29, 1.82) is 0 Å². The Labute approximate surface area is 196 Å². The van der Waals surface area contributed by atoms with Crippen molar-refractivity contribution in [3.05, 3.63) is 71.8 Å². The van der Waals surface area contributed by atoms with Crippen LogP contribution in [0.15, 0.2) is 69.3 Å². The van der Waals surface area contributed by atoms with E-state index in [0.29, 0.717) is 24.2 Å². The Kier molecular flexibility index (Phi) is 7.20. The van der Waals surface area contributed by atoms with E-state index in [1.54, 1.807) is 24.3 Å². The summed E-state index contributed by atoms with van der Waals surface area (Å²) in [4.78, 5) is 6.55. The molecule has 0 saturated heterocycles. The molecule has 176 valence electrons. The fourth-order valence-corrected chi connectivity index (χ4v) is 5.95. The third kappa shape index (κ3) is 5.14. The van der Waals surface area contributed by atoms with Gasteiger partial charge in [-0.3, -0.25) is 4.90 Å². The van der Waals surface area contributed by atoms with Gasteiger partial charge in [0.1, 0.15) is 11.5 Å². The summed E-state index contributed by atoms with van der Waals surface area (Å²) in [5, 5.41) is -0.0153. The van der Waals surface area contributed by atoms with Gasteiger partial charge in [-0.05, 0) is 68.1 Å². The highest BCUT2D eigenvalue weighted by Gasteiger charge is 2.27. The summed E-state index contributed by atoms with van der Waals surface area (Å²) in [5.41, 5.74) is 2.93. The second-order valence-electron chi connectivity index (χ2n) is 8.94. The number of rotatable bonds is 9. The van der Waals surface area contributed by atoms with Gasteiger partial charge in [0, 0.05) is 18.5 Å². The number of hydrogen-bond acceptors (Lipinski definition) is 6. The molecular weight excluding hydrogens is 436 g/mol. The highest BCUT2D eigenvalue weighted by atomic mass is 32.2. The van der Waals surface area contributed by atoms with Gasteiger partial charge >= 0.3 is 0 Å². The molecule has 0 N–H and O–H groups in total. The zero-order chi connectivity index (χ0) is 23.4. The summed E-state index contributed by atoms with van der Waals surface area (Å²) in [5.74, 6) is 0.962. The molecule has 1 unspecified atom stereocenters. The Balaban J connectivity index is 1.31. The molecule has 0 fully saturated rings. The number of hydrogen-bond donors (Lipinski definition) is 0. The van der Waals surface area contributed by atoms with Crippen LogP contribution in [-0.2, 0) is 16.3 Å². The van der Waals surface area contributed by atoms with Crippen LogP contribution in [0.3, 0.4) is 0 Å². The standard InChI is InChI=1S/C26H32N2O4S/c1-19(2)25-26(27-18-32-25)33(29,30)22-14-12-21(13-15-22)31-17-7-16-28(3)24-11-6-9-20-8-4-5-10-23(20)24/h4-5,8,10,12-15,18-19,24H,6-7,9,11,16-17H2,1-3H3. The number of aromatic nitrogens is 1. The van der Waals surface area contributed by atoms with E-state index in [4.69, 9.17) is 9.15 Å². The zero-order valence-electron chi connectivity index (χ0n) is 19.5. The number of oxazole rings is 1. The highest BCUT2D eigenvalue weighted by Crippen LogP contribution is 2.33. The van der Waals surface area contributed by atoms with Crippen LogP contribution in [-0.4, -0.2) is 38.5 Å². The summed E-state index contributed by atoms with van der Waals surface area (Å²) in [7, 11) is -1.55. The van der Waals surface area contributed by atoms with Crippen LogP contribution in [0, 0.1) is 0 Å². The first-order valence-electron chi connectivity index (χ1n) is 11.6. The van der Waals surface area contributed by atoms with E-state index < -0.39 is 9.84 Å². The van der Waals surface area contributed by atoms with Gasteiger partial charge in [-0.15, -0.1) is 0 Å². The van der Waals surface area contributed by atoms with Gasteiger partial charge in [-0.25, -0.2) is 13.4 Å². The summed E-state index contributed by atoms with van der Waals surface area (Å²) in [6, 6.07) is 15.7. The molecule has 3 aromatic rings. The van der Waals surface area contributed by atoms with Crippen LogP contribution in [0.5, 0.6) is 5.75 Å². The number of nitrogens with zero attached hydrogens (tertiary/aromatic N) is 2. The number of fused-ring (bicyclic) bond motifs is 1. The van der Waals surface area contributed by atoms with Gasteiger partial charge in [0.2, 0.25) is 14.9 Å². The Morgan fingerprint density at radius 1 is 1.15 bits per heavy atom. The van der Waals surface area contributed by atoms with Crippen molar-refractivity contribution >= 4 is 9.84 Å². The van der Waals surface area contributed by atoms with Crippen molar-refractivity contribution < 1.29 is 17.6 Å². The molecule has 7 heteroatoms. The zero-order valence-corrected chi connectivity index (χ0v) is 20.3. The highest BCUT2D eigenvalue weighted by molar-refractivity contribution is 7.91. The lowest BCUT2D eigenvalue weighted by molar-refractivity contribution is 0.199. The molecule has 1 heterocycles. The van der Waals surface area contributed by atoms with Crippen LogP contribution < -0.4 is 4.74 Å². The molecule has 6 nitrogen and oxygen atoms in total. The molecule has 1 aliphatic carbocycles. The van der Waals surface area contributed by atoms with E-state index >= 15 is 0 Å². The van der Waals surface area contributed by atoms with Gasteiger partial charge in [-0.2, -0.15) is 0 Å². The van der Waals surface area contributed by atoms with Crippen molar-refractivity contribution in [2.24, 2.45) is 0 Å². The molecule has 1 aromatic heterocycles. The van der Waals surface area contributed by atoms with Gasteiger partial charge < -0.3 is 9.15 Å². The van der Waals surface area contributed by atoms with Gasteiger partial charge in [0.05, 0.1) is 11.5 Å². The van der Waals surface area contributed by atoms with E-state index in [-0.39, 0.29) is 15.8 Å². The van der Waals surface area contributed by atoms with Crippen LogP contribution >= 0.6 is 0 Å². The van der Waals surface area contributed by atoms with Gasteiger partial charge in [-0.1, -0.05) is 38.1 Å². The average molecular weight is 469 g/mol. The van der Waals surface area contributed by atoms with Gasteiger partial charge in [0.15, 0.2) is 6.39 Å². The monoisotopic (exact) mass is 468 g/mol. The number of sulfone groups is 1. The third-order valence-electron chi connectivity index (χ3n) is 6.27. The summed E-state index contributed by atoms with van der Waals surface area (Å²) in [6.07, 6.45) is 5.67. The van der Waals surface area contributed by atoms with E-state index in [1.807, 2.05) is 13.8 Å². The van der Waals surface area contributed by atoms with Crippen molar-refractivity contribution in [3.63, 3.8) is 0 Å². The first-order valence-corrected chi connectivity index (χ1v) is 13.1. The number of benzene rings is 2. The molecule has 0 radical (unpaired) electrons. The first-order chi connectivity index (χ1) is 15.9. The molecule has 0 spiro atoms. The maximum absolute atomic E-state index is 12.9. The minimum atomic E-state index is -3.73. The Hall–Kier alpha value is -2.64. The van der Waals surface area contributed by atoms with Gasteiger partial charge in [0.25, 0.3) is 0 Å². The van der Waals surface area contributed by atoms with Crippen LogP contribution in [0.25, 0.3) is 0 Å². The predicted octanol–water partition coefficient (Wildman–Crippen LogP) is 5.41. The lowest BCUT2D eigenvalue weighted by Gasteiger charge is -2.33. The maximum atomic E-state index is 12.9. The molecule has 33 heavy (non-hydrogen) atoms.